The quantitative estimate of drug-likeness (QED) is 0.154. The second kappa shape index (κ2) is 13.2. The van der Waals surface area contributed by atoms with Gasteiger partial charge in [-0.25, -0.2) is 0 Å². The molecule has 0 N–H and O–H groups in total. The minimum absolute atomic E-state index is 1.27. The second-order valence-electron chi connectivity index (χ2n) is 17.8. The summed E-state index contributed by atoms with van der Waals surface area (Å²) in [6, 6.07) is 69.8. The highest BCUT2D eigenvalue weighted by molar-refractivity contribution is 7.24. The Morgan fingerprint density at radius 3 is 1.44 bits per heavy atom. The summed E-state index contributed by atoms with van der Waals surface area (Å²) in [6.45, 7) is 0. The fourth-order valence-corrected chi connectivity index (χ4v) is 15.7. The van der Waals surface area contributed by atoms with Crippen LogP contribution in [0.15, 0.2) is 193 Å². The Bertz CT molecular complexity index is 4440. The van der Waals surface area contributed by atoms with E-state index in [1.807, 2.05) is 45.3 Å². The summed E-state index contributed by atoms with van der Waals surface area (Å²) in [7, 11) is 0. The molecule has 16 rings (SSSR count). The molecule has 66 heavy (non-hydrogen) atoms. The van der Waals surface area contributed by atoms with E-state index in [0.29, 0.717) is 0 Å². The molecule has 0 nitrogen and oxygen atoms in total. The van der Waals surface area contributed by atoms with Crippen LogP contribution >= 0.6 is 45.3 Å². The third-order valence-electron chi connectivity index (χ3n) is 14.5. The molecule has 0 saturated carbocycles. The van der Waals surface area contributed by atoms with E-state index < -0.39 is 0 Å². The molecule has 304 valence electrons. The molecule has 14 aromatic rings. The third kappa shape index (κ3) is 4.76. The van der Waals surface area contributed by atoms with Gasteiger partial charge in [0.2, 0.25) is 0 Å². The van der Waals surface area contributed by atoms with E-state index in [1.165, 1.54) is 160 Å². The van der Waals surface area contributed by atoms with Crippen molar-refractivity contribution in [1.82, 2.24) is 0 Å². The standard InChI is InChI=1S/C62H32S4/c1-3-11-36-33(9-1)30-48-46-29-35-19-20-42-38(45(35)32-47(46)41-15-5-13-39(36)56(41)48)21-22-44-58(42)62(55-26-24-53(66-55)51-18-8-28-64-51)60-43-16-6-14-40-37-12-4-2-10-34(37)31-49(57(40)43)61(60)59(44)54-25-23-52(65-54)50-17-7-27-63-50/h1-32H. The zero-order chi connectivity index (χ0) is 42.8. The van der Waals surface area contributed by atoms with Gasteiger partial charge in [-0.2, -0.15) is 0 Å². The lowest BCUT2D eigenvalue weighted by Gasteiger charge is -2.21. The first-order valence-electron chi connectivity index (χ1n) is 22.5. The smallest absolute Gasteiger partial charge is 0.0449 e. The number of fused-ring (bicyclic) bond motifs is 15. The average Bonchev–Trinajstić information content (AvgIpc) is 4.24. The zero-order valence-corrected chi connectivity index (χ0v) is 38.4. The van der Waals surface area contributed by atoms with Gasteiger partial charge in [0.1, 0.15) is 0 Å². The molecule has 2 aliphatic rings. The maximum atomic E-state index is 2.51. The molecule has 0 saturated heterocycles. The van der Waals surface area contributed by atoms with Gasteiger partial charge in [0, 0.05) is 51.5 Å². The molecule has 0 fully saturated rings. The van der Waals surface area contributed by atoms with Crippen LogP contribution in [0, 0.1) is 0 Å². The Morgan fingerprint density at radius 2 is 0.742 bits per heavy atom. The van der Waals surface area contributed by atoms with Crippen molar-refractivity contribution in [2.24, 2.45) is 0 Å². The summed E-state index contributed by atoms with van der Waals surface area (Å²) in [6.07, 6.45) is 0. The van der Waals surface area contributed by atoms with Gasteiger partial charge in [-0.1, -0.05) is 121 Å². The number of hydrogen-bond donors (Lipinski definition) is 0. The van der Waals surface area contributed by atoms with Crippen LogP contribution in [0.4, 0.5) is 0 Å². The van der Waals surface area contributed by atoms with Crippen LogP contribution in [0.2, 0.25) is 0 Å². The normalized spacial score (nSPS) is 12.5. The highest BCUT2D eigenvalue weighted by Crippen LogP contribution is 2.61. The van der Waals surface area contributed by atoms with Crippen molar-refractivity contribution in [3.05, 3.63) is 193 Å². The highest BCUT2D eigenvalue weighted by atomic mass is 32.1. The molecule has 0 amide bonds. The predicted octanol–water partition coefficient (Wildman–Crippen LogP) is 20.0. The first kappa shape index (κ1) is 36.1. The molecule has 0 unspecified atom stereocenters. The molecule has 0 atom stereocenters. The summed E-state index contributed by atoms with van der Waals surface area (Å²) in [5, 5.41) is 22.8. The Hall–Kier alpha value is -7.18. The van der Waals surface area contributed by atoms with Gasteiger partial charge in [-0.3, -0.25) is 0 Å². The average molecular weight is 905 g/mol. The topological polar surface area (TPSA) is 0 Å². The Morgan fingerprint density at radius 1 is 0.227 bits per heavy atom. The summed E-state index contributed by atoms with van der Waals surface area (Å²) in [4.78, 5) is 7.87. The van der Waals surface area contributed by atoms with Gasteiger partial charge in [0.25, 0.3) is 0 Å². The van der Waals surface area contributed by atoms with E-state index in [2.05, 4.69) is 193 Å². The molecule has 4 heterocycles. The van der Waals surface area contributed by atoms with Crippen molar-refractivity contribution in [3.63, 3.8) is 0 Å². The van der Waals surface area contributed by atoms with E-state index in [-0.39, 0.29) is 0 Å². The summed E-state index contributed by atoms with van der Waals surface area (Å²) in [5.74, 6) is 0. The Labute approximate surface area is 395 Å². The molecular weight excluding hydrogens is 873 g/mol. The molecule has 0 spiro atoms. The van der Waals surface area contributed by atoms with Crippen LogP contribution in [0.25, 0.3) is 160 Å². The second-order valence-corrected chi connectivity index (χ2v) is 21.9. The van der Waals surface area contributed by atoms with Crippen LogP contribution in [0.3, 0.4) is 0 Å². The minimum Gasteiger partial charge on any atom is -0.143 e. The van der Waals surface area contributed by atoms with E-state index in [4.69, 9.17) is 0 Å². The summed E-state index contributed by atoms with van der Waals surface area (Å²) >= 11 is 7.50. The predicted molar refractivity (Wildman–Crippen MR) is 291 cm³/mol. The van der Waals surface area contributed by atoms with E-state index in [0.717, 1.165) is 0 Å². The Kier molecular flexibility index (Phi) is 7.23. The number of rotatable bonds is 4. The summed E-state index contributed by atoms with van der Waals surface area (Å²) < 4.78 is 0. The number of thiophene rings is 4. The lowest BCUT2D eigenvalue weighted by molar-refractivity contribution is 1.73. The van der Waals surface area contributed by atoms with Crippen LogP contribution in [-0.2, 0) is 0 Å². The largest absolute Gasteiger partial charge is 0.143 e. The lowest BCUT2D eigenvalue weighted by atomic mass is 9.83. The van der Waals surface area contributed by atoms with Crippen LogP contribution in [0.1, 0.15) is 0 Å². The van der Waals surface area contributed by atoms with Gasteiger partial charge in [0.15, 0.2) is 0 Å². The fourth-order valence-electron chi connectivity index (χ4n) is 11.9. The molecule has 4 aromatic heterocycles. The van der Waals surface area contributed by atoms with Crippen molar-refractivity contribution < 1.29 is 0 Å². The van der Waals surface area contributed by atoms with Crippen LogP contribution in [0.5, 0.6) is 0 Å². The molecule has 0 aliphatic heterocycles. The van der Waals surface area contributed by atoms with Crippen molar-refractivity contribution in [1.29, 1.82) is 0 Å². The van der Waals surface area contributed by atoms with Crippen LogP contribution < -0.4 is 0 Å². The van der Waals surface area contributed by atoms with Crippen molar-refractivity contribution in [3.8, 4) is 84.9 Å². The van der Waals surface area contributed by atoms with Gasteiger partial charge in [-0.15, -0.1) is 45.3 Å². The molecule has 2 aliphatic carbocycles. The minimum atomic E-state index is 1.27. The fraction of sp³-hybridized carbons (Fsp3) is 0. The van der Waals surface area contributed by atoms with Gasteiger partial charge >= 0.3 is 0 Å². The molecule has 0 bridgehead atoms. The van der Waals surface area contributed by atoms with E-state index >= 15 is 0 Å². The van der Waals surface area contributed by atoms with E-state index in [9.17, 15) is 0 Å². The number of benzene rings is 10. The first-order chi connectivity index (χ1) is 32.7. The summed E-state index contributed by atoms with van der Waals surface area (Å²) in [5.41, 5.74) is 13.4. The van der Waals surface area contributed by atoms with Crippen molar-refractivity contribution >= 4 is 121 Å². The number of hydrogen-bond acceptors (Lipinski definition) is 4. The molecule has 0 radical (unpaired) electrons. The maximum absolute atomic E-state index is 2.51. The SMILES string of the molecule is c1csc(-c2ccc(-c3c4c(c(-c5ccc(-c6cccs6)s5)c5c3ccc3c6cc7c(cc6ccc35)-c3cc5ccccc5c5cccc-7c35)-c3cccc5c3c-4cc3ccccc35)s2)c1. The molecule has 10 aromatic carbocycles. The highest BCUT2D eigenvalue weighted by Gasteiger charge is 2.33. The van der Waals surface area contributed by atoms with Crippen molar-refractivity contribution in [2.75, 3.05) is 0 Å². The van der Waals surface area contributed by atoms with Gasteiger partial charge < -0.3 is 0 Å². The van der Waals surface area contributed by atoms with E-state index in [1.54, 1.807) is 0 Å². The molecule has 4 heteroatoms. The third-order valence-corrected chi connectivity index (χ3v) is 18.9. The zero-order valence-electron chi connectivity index (χ0n) is 35.1. The van der Waals surface area contributed by atoms with Gasteiger partial charge in [-0.05, 0) is 180 Å². The lowest BCUT2D eigenvalue weighted by Crippen LogP contribution is -1.93. The monoisotopic (exact) mass is 904 g/mol. The van der Waals surface area contributed by atoms with Crippen molar-refractivity contribution in [2.45, 2.75) is 0 Å². The molecular formula is C62H32S4. The first-order valence-corrected chi connectivity index (χ1v) is 25.8. The van der Waals surface area contributed by atoms with Gasteiger partial charge in [0.05, 0.1) is 0 Å². The Balaban J connectivity index is 1.06. The van der Waals surface area contributed by atoms with Crippen LogP contribution in [-0.4, -0.2) is 0 Å². The maximum Gasteiger partial charge on any atom is 0.0449 e.